The summed E-state index contributed by atoms with van der Waals surface area (Å²) in [5.41, 5.74) is 1.93. The van der Waals surface area contributed by atoms with Crippen LogP contribution in [0.2, 0.25) is 0 Å². The van der Waals surface area contributed by atoms with Crippen molar-refractivity contribution in [3.05, 3.63) is 35.1 Å². The number of halogens is 1. The van der Waals surface area contributed by atoms with Crippen LogP contribution in [0.15, 0.2) is 18.2 Å². The van der Waals surface area contributed by atoms with Crippen molar-refractivity contribution < 1.29 is 4.39 Å². The fourth-order valence-corrected chi connectivity index (χ4v) is 2.04. The zero-order valence-electron chi connectivity index (χ0n) is 11.4. The third-order valence-corrected chi connectivity index (χ3v) is 2.97. The quantitative estimate of drug-likeness (QED) is 0.775. The Hall–Kier alpha value is -0.890. The molecule has 0 amide bonds. The molecular formula is C15H24FN. The molecule has 0 aliphatic heterocycles. The van der Waals surface area contributed by atoms with Gasteiger partial charge in [-0.2, -0.15) is 0 Å². The van der Waals surface area contributed by atoms with Gasteiger partial charge < -0.3 is 5.32 Å². The minimum absolute atomic E-state index is 0.118. The zero-order chi connectivity index (χ0) is 12.8. The SMILES string of the molecule is CCCCC(NC(C)C)c1ccc(F)c(C)c1. The Bertz CT molecular complexity index is 347. The average molecular weight is 237 g/mol. The predicted octanol–water partition coefficient (Wildman–Crippen LogP) is 4.36. The largest absolute Gasteiger partial charge is 0.308 e. The third-order valence-electron chi connectivity index (χ3n) is 2.97. The summed E-state index contributed by atoms with van der Waals surface area (Å²) in [7, 11) is 0. The number of nitrogens with one attached hydrogen (secondary N) is 1. The minimum atomic E-state index is -0.118. The van der Waals surface area contributed by atoms with Gasteiger partial charge in [0.2, 0.25) is 0 Å². The Morgan fingerprint density at radius 1 is 1.29 bits per heavy atom. The first-order valence-electron chi connectivity index (χ1n) is 6.56. The van der Waals surface area contributed by atoms with Crippen LogP contribution in [0, 0.1) is 12.7 Å². The highest BCUT2D eigenvalue weighted by atomic mass is 19.1. The van der Waals surface area contributed by atoms with Crippen molar-refractivity contribution in [2.24, 2.45) is 0 Å². The van der Waals surface area contributed by atoms with E-state index in [1.165, 1.54) is 18.4 Å². The maximum Gasteiger partial charge on any atom is 0.126 e. The summed E-state index contributed by atoms with van der Waals surface area (Å²) in [6, 6.07) is 6.23. The maximum atomic E-state index is 13.3. The van der Waals surface area contributed by atoms with E-state index in [9.17, 15) is 4.39 Å². The second-order valence-corrected chi connectivity index (χ2v) is 5.02. The summed E-state index contributed by atoms with van der Waals surface area (Å²) in [4.78, 5) is 0. The first kappa shape index (κ1) is 14.2. The van der Waals surface area contributed by atoms with E-state index >= 15 is 0 Å². The van der Waals surface area contributed by atoms with Gasteiger partial charge in [-0.1, -0.05) is 45.7 Å². The number of benzene rings is 1. The fourth-order valence-electron chi connectivity index (χ4n) is 2.04. The topological polar surface area (TPSA) is 12.0 Å². The van der Waals surface area contributed by atoms with Crippen molar-refractivity contribution in [1.82, 2.24) is 5.32 Å². The number of hydrogen-bond acceptors (Lipinski definition) is 1. The Morgan fingerprint density at radius 3 is 2.53 bits per heavy atom. The van der Waals surface area contributed by atoms with Gasteiger partial charge >= 0.3 is 0 Å². The molecule has 1 unspecified atom stereocenters. The Morgan fingerprint density at radius 2 is 2.00 bits per heavy atom. The van der Waals surface area contributed by atoms with Crippen LogP contribution in [0.5, 0.6) is 0 Å². The highest BCUT2D eigenvalue weighted by Crippen LogP contribution is 2.22. The fraction of sp³-hybridized carbons (Fsp3) is 0.600. The highest BCUT2D eigenvalue weighted by molar-refractivity contribution is 5.26. The van der Waals surface area contributed by atoms with Crippen molar-refractivity contribution in [3.63, 3.8) is 0 Å². The van der Waals surface area contributed by atoms with Gasteiger partial charge in [-0.3, -0.25) is 0 Å². The molecule has 0 bridgehead atoms. The standard InChI is InChI=1S/C15H24FN/c1-5-6-7-15(17-11(2)3)13-8-9-14(16)12(4)10-13/h8-11,15,17H,5-7H2,1-4H3. The molecule has 0 radical (unpaired) electrons. The minimum Gasteiger partial charge on any atom is -0.308 e. The molecule has 1 nitrogen and oxygen atoms in total. The molecule has 0 saturated carbocycles. The van der Waals surface area contributed by atoms with E-state index in [0.29, 0.717) is 12.1 Å². The van der Waals surface area contributed by atoms with E-state index in [-0.39, 0.29) is 5.82 Å². The molecule has 17 heavy (non-hydrogen) atoms. The maximum absolute atomic E-state index is 13.3. The molecule has 96 valence electrons. The molecule has 0 saturated heterocycles. The molecule has 1 rings (SSSR count). The van der Waals surface area contributed by atoms with Crippen LogP contribution >= 0.6 is 0 Å². The number of rotatable bonds is 6. The van der Waals surface area contributed by atoms with E-state index in [4.69, 9.17) is 0 Å². The number of unbranched alkanes of at least 4 members (excludes halogenated alkanes) is 1. The van der Waals surface area contributed by atoms with Gasteiger partial charge in [0.05, 0.1) is 0 Å². The molecule has 1 aromatic carbocycles. The zero-order valence-corrected chi connectivity index (χ0v) is 11.4. The van der Waals surface area contributed by atoms with Crippen molar-refractivity contribution in [3.8, 4) is 0 Å². The lowest BCUT2D eigenvalue weighted by atomic mass is 9.98. The van der Waals surface area contributed by atoms with Crippen LogP contribution in [0.25, 0.3) is 0 Å². The van der Waals surface area contributed by atoms with Crippen LogP contribution in [-0.2, 0) is 0 Å². The van der Waals surface area contributed by atoms with Crippen molar-refractivity contribution in [1.29, 1.82) is 0 Å². The lowest BCUT2D eigenvalue weighted by molar-refractivity contribution is 0.439. The van der Waals surface area contributed by atoms with Crippen molar-refractivity contribution >= 4 is 0 Å². The summed E-state index contributed by atoms with van der Waals surface area (Å²) < 4.78 is 13.3. The van der Waals surface area contributed by atoms with Crippen molar-refractivity contribution in [2.45, 2.75) is 59.0 Å². The van der Waals surface area contributed by atoms with Gasteiger partial charge in [-0.05, 0) is 30.5 Å². The predicted molar refractivity (Wildman–Crippen MR) is 71.7 cm³/mol. The Labute approximate surface area is 104 Å². The summed E-state index contributed by atoms with van der Waals surface area (Å²) in [6.07, 6.45) is 3.50. The normalized spacial score (nSPS) is 13.1. The molecule has 1 aromatic rings. The monoisotopic (exact) mass is 237 g/mol. The first-order valence-corrected chi connectivity index (χ1v) is 6.56. The first-order chi connectivity index (χ1) is 8.04. The molecule has 0 aliphatic rings. The van der Waals surface area contributed by atoms with Gasteiger partial charge in [-0.25, -0.2) is 4.39 Å². The van der Waals surface area contributed by atoms with Crippen LogP contribution in [0.1, 0.15) is 57.2 Å². The second-order valence-electron chi connectivity index (χ2n) is 5.02. The summed E-state index contributed by atoms with van der Waals surface area (Å²) in [6.45, 7) is 8.32. The molecule has 0 aromatic heterocycles. The molecule has 0 aliphatic carbocycles. The molecule has 0 fully saturated rings. The van der Waals surface area contributed by atoms with Gasteiger partial charge in [0.25, 0.3) is 0 Å². The molecular weight excluding hydrogens is 213 g/mol. The van der Waals surface area contributed by atoms with E-state index in [1.807, 2.05) is 19.1 Å². The molecule has 1 atom stereocenters. The number of aryl methyl sites for hydroxylation is 1. The number of hydrogen-bond donors (Lipinski definition) is 1. The van der Waals surface area contributed by atoms with E-state index < -0.39 is 0 Å². The Kier molecular flexibility index (Phi) is 5.63. The Balaban J connectivity index is 2.83. The lowest BCUT2D eigenvalue weighted by Gasteiger charge is -2.22. The summed E-state index contributed by atoms with van der Waals surface area (Å²) in [5.74, 6) is -0.118. The van der Waals surface area contributed by atoms with Crippen LogP contribution in [0.4, 0.5) is 4.39 Å². The molecule has 2 heteroatoms. The van der Waals surface area contributed by atoms with Crippen molar-refractivity contribution in [2.75, 3.05) is 0 Å². The third kappa shape index (κ3) is 4.47. The van der Waals surface area contributed by atoms with E-state index in [2.05, 4.69) is 26.1 Å². The van der Waals surface area contributed by atoms with Gasteiger partial charge in [0.1, 0.15) is 5.82 Å². The van der Waals surface area contributed by atoms with E-state index in [0.717, 1.165) is 12.0 Å². The second kappa shape index (κ2) is 6.75. The van der Waals surface area contributed by atoms with Gasteiger partial charge in [-0.15, -0.1) is 0 Å². The molecule has 0 spiro atoms. The highest BCUT2D eigenvalue weighted by Gasteiger charge is 2.13. The van der Waals surface area contributed by atoms with Gasteiger partial charge in [0, 0.05) is 12.1 Å². The average Bonchev–Trinajstić information content (AvgIpc) is 2.27. The van der Waals surface area contributed by atoms with Crippen LogP contribution < -0.4 is 5.32 Å². The summed E-state index contributed by atoms with van der Waals surface area (Å²) >= 11 is 0. The van der Waals surface area contributed by atoms with Crippen LogP contribution in [-0.4, -0.2) is 6.04 Å². The van der Waals surface area contributed by atoms with Crippen LogP contribution in [0.3, 0.4) is 0 Å². The van der Waals surface area contributed by atoms with Gasteiger partial charge in [0.15, 0.2) is 0 Å². The van der Waals surface area contributed by atoms with E-state index in [1.54, 1.807) is 6.07 Å². The smallest absolute Gasteiger partial charge is 0.126 e. The lowest BCUT2D eigenvalue weighted by Crippen LogP contribution is -2.28. The molecule has 1 N–H and O–H groups in total. The summed E-state index contributed by atoms with van der Waals surface area (Å²) in [5, 5.41) is 3.56. The molecule has 0 heterocycles.